The molecule has 2 saturated heterocycles. The fourth-order valence-corrected chi connectivity index (χ4v) is 4.29. The van der Waals surface area contributed by atoms with E-state index >= 15 is 0 Å². The molecule has 7 nitrogen and oxygen atoms in total. The maximum atomic E-state index is 12.2. The minimum atomic E-state index is 0.308. The van der Waals surface area contributed by atoms with E-state index in [4.69, 9.17) is 0 Å². The predicted molar refractivity (Wildman–Crippen MR) is 84.5 cm³/mol. The van der Waals surface area contributed by atoms with Gasteiger partial charge in [0.2, 0.25) is 5.91 Å². The highest BCUT2D eigenvalue weighted by Crippen LogP contribution is 2.36. The van der Waals surface area contributed by atoms with Crippen molar-refractivity contribution >= 4 is 5.91 Å². The summed E-state index contributed by atoms with van der Waals surface area (Å²) in [5.41, 5.74) is 0. The zero-order valence-corrected chi connectivity index (χ0v) is 13.9. The fourth-order valence-electron chi connectivity index (χ4n) is 4.29. The molecular formula is C16H26N6O. The summed E-state index contributed by atoms with van der Waals surface area (Å²) in [7, 11) is 0. The van der Waals surface area contributed by atoms with E-state index < -0.39 is 0 Å². The molecule has 126 valence electrons. The molecule has 0 unspecified atom stereocenters. The summed E-state index contributed by atoms with van der Waals surface area (Å²) in [5.74, 6) is 1.30. The molecule has 4 rings (SSSR count). The second-order valence-electron chi connectivity index (χ2n) is 7.10. The smallest absolute Gasteiger partial charge is 0.222 e. The van der Waals surface area contributed by atoms with E-state index in [0.29, 0.717) is 30.5 Å². The number of hydrogen-bond donors (Lipinski definition) is 0. The fraction of sp³-hybridized carbons (Fsp3) is 0.875. The van der Waals surface area contributed by atoms with E-state index in [1.54, 1.807) is 0 Å². The van der Waals surface area contributed by atoms with Crippen LogP contribution in [0.2, 0.25) is 0 Å². The van der Waals surface area contributed by atoms with Gasteiger partial charge < -0.3 is 4.90 Å². The van der Waals surface area contributed by atoms with Gasteiger partial charge in [-0.2, -0.15) is 0 Å². The van der Waals surface area contributed by atoms with Crippen molar-refractivity contribution in [3.63, 3.8) is 0 Å². The van der Waals surface area contributed by atoms with Gasteiger partial charge in [0.15, 0.2) is 5.82 Å². The van der Waals surface area contributed by atoms with Gasteiger partial charge in [-0.25, -0.2) is 4.68 Å². The zero-order valence-electron chi connectivity index (χ0n) is 13.9. The molecule has 0 aromatic carbocycles. The Bertz CT molecular complexity index is 569. The normalized spacial score (nSPS) is 28.7. The Hall–Kier alpha value is -1.50. The molecule has 2 aliphatic heterocycles. The summed E-state index contributed by atoms with van der Waals surface area (Å²) in [6.07, 6.45) is 7.68. The van der Waals surface area contributed by atoms with Gasteiger partial charge in [-0.15, -0.1) is 5.10 Å². The largest absolute Gasteiger partial charge is 0.338 e. The van der Waals surface area contributed by atoms with E-state index in [1.165, 1.54) is 25.7 Å². The molecule has 7 heteroatoms. The van der Waals surface area contributed by atoms with E-state index in [0.717, 1.165) is 38.3 Å². The average molecular weight is 318 g/mol. The van der Waals surface area contributed by atoms with Crippen molar-refractivity contribution < 1.29 is 4.79 Å². The van der Waals surface area contributed by atoms with Crippen LogP contribution in [0.4, 0.5) is 0 Å². The number of aromatic nitrogens is 4. The first-order chi connectivity index (χ1) is 11.3. The first kappa shape index (κ1) is 15.1. The highest BCUT2D eigenvalue weighted by atomic mass is 16.2. The Morgan fingerprint density at radius 2 is 1.91 bits per heavy atom. The molecule has 0 N–H and O–H groups in total. The van der Waals surface area contributed by atoms with Gasteiger partial charge in [-0.3, -0.25) is 9.69 Å². The Morgan fingerprint density at radius 3 is 2.70 bits per heavy atom. The summed E-state index contributed by atoms with van der Waals surface area (Å²) < 4.78 is 2.01. The molecule has 0 bridgehead atoms. The van der Waals surface area contributed by atoms with Crippen LogP contribution in [0.15, 0.2) is 0 Å². The molecule has 0 radical (unpaired) electrons. The van der Waals surface area contributed by atoms with Crippen molar-refractivity contribution in [1.82, 2.24) is 30.0 Å². The van der Waals surface area contributed by atoms with Gasteiger partial charge in [-0.05, 0) is 55.5 Å². The molecule has 3 heterocycles. The van der Waals surface area contributed by atoms with Crippen LogP contribution in [-0.4, -0.2) is 61.1 Å². The number of hydrogen-bond acceptors (Lipinski definition) is 5. The van der Waals surface area contributed by atoms with E-state index in [-0.39, 0.29) is 0 Å². The number of likely N-dealkylation sites (tertiary alicyclic amines) is 2. The van der Waals surface area contributed by atoms with Crippen LogP contribution in [0.5, 0.6) is 0 Å². The summed E-state index contributed by atoms with van der Waals surface area (Å²) in [4.78, 5) is 16.9. The Morgan fingerprint density at radius 1 is 1.13 bits per heavy atom. The number of rotatable bonds is 5. The van der Waals surface area contributed by atoms with Gasteiger partial charge >= 0.3 is 0 Å². The van der Waals surface area contributed by atoms with Crippen molar-refractivity contribution in [3.8, 4) is 0 Å². The second kappa shape index (κ2) is 6.19. The molecule has 3 fully saturated rings. The van der Waals surface area contributed by atoms with Crippen LogP contribution in [0.3, 0.4) is 0 Å². The zero-order chi connectivity index (χ0) is 15.8. The minimum Gasteiger partial charge on any atom is -0.338 e. The lowest BCUT2D eigenvalue weighted by atomic mass is 10.0. The van der Waals surface area contributed by atoms with Crippen LogP contribution in [0, 0.1) is 0 Å². The van der Waals surface area contributed by atoms with Gasteiger partial charge in [0, 0.05) is 25.0 Å². The molecule has 1 aromatic heterocycles. The lowest BCUT2D eigenvalue weighted by Gasteiger charge is -2.34. The minimum absolute atomic E-state index is 0.308. The molecule has 2 atom stereocenters. The summed E-state index contributed by atoms with van der Waals surface area (Å²) in [6.45, 7) is 4.81. The maximum Gasteiger partial charge on any atom is 0.222 e. The monoisotopic (exact) mass is 318 g/mol. The van der Waals surface area contributed by atoms with Crippen LogP contribution < -0.4 is 0 Å². The topological polar surface area (TPSA) is 67.2 Å². The molecule has 3 aliphatic rings. The van der Waals surface area contributed by atoms with Crippen LogP contribution in [0.1, 0.15) is 63.7 Å². The van der Waals surface area contributed by atoms with Crippen molar-refractivity contribution in [2.24, 2.45) is 0 Å². The molecule has 23 heavy (non-hydrogen) atoms. The van der Waals surface area contributed by atoms with Crippen molar-refractivity contribution in [3.05, 3.63) is 5.82 Å². The Labute approximate surface area is 137 Å². The van der Waals surface area contributed by atoms with Gasteiger partial charge in [0.25, 0.3) is 0 Å². The van der Waals surface area contributed by atoms with Gasteiger partial charge in [0.05, 0.1) is 12.6 Å². The molecular weight excluding hydrogens is 292 g/mol. The number of tetrazole rings is 1. The highest BCUT2D eigenvalue weighted by Gasteiger charge is 2.40. The van der Waals surface area contributed by atoms with Crippen LogP contribution >= 0.6 is 0 Å². The Kier molecular flexibility index (Phi) is 4.05. The molecule has 1 aliphatic carbocycles. The molecule has 1 saturated carbocycles. The first-order valence-corrected chi connectivity index (χ1v) is 9.08. The van der Waals surface area contributed by atoms with E-state index in [9.17, 15) is 4.79 Å². The number of carbonyl (C=O) groups excluding carboxylic acids is 1. The van der Waals surface area contributed by atoms with Crippen LogP contribution in [0.25, 0.3) is 0 Å². The summed E-state index contributed by atoms with van der Waals surface area (Å²) >= 11 is 0. The van der Waals surface area contributed by atoms with Crippen molar-refractivity contribution in [1.29, 1.82) is 0 Å². The average Bonchev–Trinajstić information content (AvgIpc) is 2.97. The second-order valence-corrected chi connectivity index (χ2v) is 7.10. The quantitative estimate of drug-likeness (QED) is 0.820. The Balaban J connectivity index is 1.48. The summed E-state index contributed by atoms with van der Waals surface area (Å²) in [6, 6.07) is 1.37. The standard InChI is InChI=1S/C16H26N6O/c1-2-16(23)21-10-4-6-14(21)13-5-3-9-20(13)11-15-17-18-19-22(15)12-7-8-12/h12-14H,2-11H2,1H3/t13-,14+/m0/s1. The first-order valence-electron chi connectivity index (χ1n) is 9.08. The number of carbonyl (C=O) groups is 1. The molecule has 1 aromatic rings. The van der Waals surface area contributed by atoms with E-state index in [1.807, 2.05) is 11.6 Å². The number of nitrogens with zero attached hydrogens (tertiary/aromatic N) is 6. The summed E-state index contributed by atoms with van der Waals surface area (Å²) in [5, 5.41) is 12.3. The molecule has 1 amide bonds. The van der Waals surface area contributed by atoms with Crippen LogP contribution in [-0.2, 0) is 11.3 Å². The predicted octanol–water partition coefficient (Wildman–Crippen LogP) is 1.37. The maximum absolute atomic E-state index is 12.2. The number of amides is 1. The van der Waals surface area contributed by atoms with Gasteiger partial charge in [-0.1, -0.05) is 6.92 Å². The molecule has 0 spiro atoms. The third-order valence-electron chi connectivity index (χ3n) is 5.58. The third kappa shape index (κ3) is 2.86. The lowest BCUT2D eigenvalue weighted by molar-refractivity contribution is -0.132. The van der Waals surface area contributed by atoms with E-state index in [2.05, 4.69) is 25.3 Å². The van der Waals surface area contributed by atoms with Crippen molar-refractivity contribution in [2.75, 3.05) is 13.1 Å². The highest BCUT2D eigenvalue weighted by molar-refractivity contribution is 5.76. The third-order valence-corrected chi connectivity index (χ3v) is 5.58. The lowest BCUT2D eigenvalue weighted by Crippen LogP contribution is -2.48. The van der Waals surface area contributed by atoms with Crippen molar-refractivity contribution in [2.45, 2.75) is 76.5 Å². The van der Waals surface area contributed by atoms with Gasteiger partial charge in [0.1, 0.15) is 0 Å². The SMILES string of the molecule is CCC(=O)N1CCC[C@@H]1[C@@H]1CCCN1Cc1nnnn1C1CC1.